The highest BCUT2D eigenvalue weighted by atomic mass is 32.2. The van der Waals surface area contributed by atoms with Crippen LogP contribution in [0.25, 0.3) is 0 Å². The molecule has 1 saturated carbocycles. The van der Waals surface area contributed by atoms with Crippen LogP contribution in [0.4, 0.5) is 5.69 Å². The zero-order valence-electron chi connectivity index (χ0n) is 16.2. The van der Waals surface area contributed by atoms with Crippen LogP contribution >= 0.6 is 0 Å². The summed E-state index contributed by atoms with van der Waals surface area (Å²) in [6.07, 6.45) is 5.61. The van der Waals surface area contributed by atoms with Crippen molar-refractivity contribution in [3.63, 3.8) is 0 Å². The van der Waals surface area contributed by atoms with Crippen molar-refractivity contribution >= 4 is 27.6 Å². The van der Waals surface area contributed by atoms with Crippen LogP contribution in [0.1, 0.15) is 51.9 Å². The summed E-state index contributed by atoms with van der Waals surface area (Å²) in [6, 6.07) is 6.07. The highest BCUT2D eigenvalue weighted by Gasteiger charge is 2.27. The molecule has 0 unspecified atom stereocenters. The maximum atomic E-state index is 12.5. The highest BCUT2D eigenvalue weighted by molar-refractivity contribution is 7.89. The largest absolute Gasteiger partial charge is 0.453 e. The van der Waals surface area contributed by atoms with Gasteiger partial charge in [0.2, 0.25) is 10.0 Å². The van der Waals surface area contributed by atoms with E-state index in [9.17, 15) is 18.0 Å². The van der Waals surface area contributed by atoms with Crippen LogP contribution in [-0.4, -0.2) is 43.8 Å². The normalized spacial score (nSPS) is 19.5. The first kappa shape index (κ1) is 20.8. The molecule has 2 fully saturated rings. The molecule has 1 atom stereocenters. The molecule has 7 nitrogen and oxygen atoms in total. The number of esters is 1. The molecule has 1 aliphatic carbocycles. The number of carbonyl (C=O) groups excluding carboxylic acids is 2. The van der Waals surface area contributed by atoms with Gasteiger partial charge in [-0.3, -0.25) is 9.59 Å². The second kappa shape index (κ2) is 9.05. The van der Waals surface area contributed by atoms with Crippen LogP contribution in [0.2, 0.25) is 0 Å². The molecule has 3 rings (SSSR count). The number of amides is 1. The van der Waals surface area contributed by atoms with Gasteiger partial charge < -0.3 is 10.1 Å². The van der Waals surface area contributed by atoms with Gasteiger partial charge in [-0.1, -0.05) is 12.8 Å². The van der Waals surface area contributed by atoms with Gasteiger partial charge >= 0.3 is 5.97 Å². The molecule has 0 radical (unpaired) electrons. The van der Waals surface area contributed by atoms with E-state index in [1.165, 1.54) is 23.4 Å². The topological polar surface area (TPSA) is 92.8 Å². The Morgan fingerprint density at radius 3 is 2.32 bits per heavy atom. The molecule has 154 valence electrons. The lowest BCUT2D eigenvalue weighted by molar-refractivity contribution is -0.154. The number of carbonyl (C=O) groups is 2. The van der Waals surface area contributed by atoms with E-state index in [0.29, 0.717) is 31.1 Å². The van der Waals surface area contributed by atoms with Gasteiger partial charge in [-0.15, -0.1) is 0 Å². The molecule has 8 heteroatoms. The Hall–Kier alpha value is -1.93. The van der Waals surface area contributed by atoms with Gasteiger partial charge in [0.15, 0.2) is 6.10 Å². The molecule has 1 N–H and O–H groups in total. The van der Waals surface area contributed by atoms with E-state index in [1.807, 2.05) is 0 Å². The van der Waals surface area contributed by atoms with E-state index >= 15 is 0 Å². The van der Waals surface area contributed by atoms with Gasteiger partial charge in [-0.2, -0.15) is 4.31 Å². The minimum absolute atomic E-state index is 0.212. The Kier molecular flexibility index (Phi) is 6.72. The van der Waals surface area contributed by atoms with Crippen molar-refractivity contribution in [2.24, 2.45) is 5.92 Å². The Morgan fingerprint density at radius 1 is 1.11 bits per heavy atom. The lowest BCUT2D eigenvalue weighted by Gasteiger charge is -2.17. The standard InChI is InChI=1S/C20H28N2O5S/c1-15(27-19(23)14-16-6-2-3-7-16)20(24)21-17-8-10-18(11-9-17)28(25,26)22-12-4-5-13-22/h8-11,15-16H,2-7,12-14H2,1H3,(H,21,24)/t15-/m0/s1. The first-order valence-electron chi connectivity index (χ1n) is 9.97. The van der Waals surface area contributed by atoms with Gasteiger partial charge in [0, 0.05) is 25.2 Å². The number of rotatable bonds is 7. The zero-order chi connectivity index (χ0) is 20.1. The predicted molar refractivity (Wildman–Crippen MR) is 105 cm³/mol. The first-order valence-corrected chi connectivity index (χ1v) is 11.4. The minimum Gasteiger partial charge on any atom is -0.453 e. The number of anilines is 1. The number of hydrogen-bond acceptors (Lipinski definition) is 5. The van der Waals surface area contributed by atoms with Crippen LogP contribution in [0.3, 0.4) is 0 Å². The van der Waals surface area contributed by atoms with E-state index in [0.717, 1.165) is 38.5 Å². The summed E-state index contributed by atoms with van der Waals surface area (Å²) in [5.41, 5.74) is 0.462. The van der Waals surface area contributed by atoms with Gasteiger partial charge in [-0.25, -0.2) is 8.42 Å². The second-order valence-corrected chi connectivity index (χ2v) is 9.55. The second-order valence-electron chi connectivity index (χ2n) is 7.61. The van der Waals surface area contributed by atoms with Crippen molar-refractivity contribution in [1.82, 2.24) is 4.31 Å². The van der Waals surface area contributed by atoms with Gasteiger partial charge in [0.05, 0.1) is 4.90 Å². The third kappa shape index (κ3) is 5.11. The molecule has 1 amide bonds. The maximum Gasteiger partial charge on any atom is 0.306 e. The Morgan fingerprint density at radius 2 is 1.71 bits per heavy atom. The quantitative estimate of drug-likeness (QED) is 0.700. The fraction of sp³-hybridized carbons (Fsp3) is 0.600. The summed E-state index contributed by atoms with van der Waals surface area (Å²) in [5.74, 6) is -0.413. The van der Waals surface area contributed by atoms with Crippen molar-refractivity contribution in [3.05, 3.63) is 24.3 Å². The number of ether oxygens (including phenoxy) is 1. The average Bonchev–Trinajstić information content (AvgIpc) is 3.36. The molecule has 1 aromatic carbocycles. The Bertz CT molecular complexity index is 794. The molecule has 0 bridgehead atoms. The SMILES string of the molecule is C[C@H](OC(=O)CC1CCCC1)C(=O)Nc1ccc(S(=O)(=O)N2CCCC2)cc1. The Balaban J connectivity index is 1.52. The van der Waals surface area contributed by atoms with Gasteiger partial charge in [0.25, 0.3) is 5.91 Å². The smallest absolute Gasteiger partial charge is 0.306 e. The van der Waals surface area contributed by atoms with E-state index in [-0.39, 0.29) is 10.9 Å². The number of nitrogens with one attached hydrogen (secondary N) is 1. The van der Waals surface area contributed by atoms with E-state index in [2.05, 4.69) is 5.32 Å². The number of benzene rings is 1. The predicted octanol–water partition coefficient (Wildman–Crippen LogP) is 2.92. The van der Waals surface area contributed by atoms with E-state index in [4.69, 9.17) is 4.74 Å². The van der Waals surface area contributed by atoms with Crippen LogP contribution in [0.5, 0.6) is 0 Å². The highest BCUT2D eigenvalue weighted by Crippen LogP contribution is 2.28. The summed E-state index contributed by atoms with van der Waals surface area (Å²) in [4.78, 5) is 24.4. The van der Waals surface area contributed by atoms with E-state index in [1.54, 1.807) is 12.1 Å². The van der Waals surface area contributed by atoms with Gasteiger partial charge in [-0.05, 0) is 62.8 Å². The third-order valence-electron chi connectivity index (χ3n) is 5.43. The zero-order valence-corrected chi connectivity index (χ0v) is 17.0. The molecule has 1 aliphatic heterocycles. The molecule has 28 heavy (non-hydrogen) atoms. The summed E-state index contributed by atoms with van der Waals surface area (Å²) in [5, 5.41) is 2.66. The number of sulfonamides is 1. The number of hydrogen-bond donors (Lipinski definition) is 1. The van der Waals surface area contributed by atoms with Crippen molar-refractivity contribution in [2.75, 3.05) is 18.4 Å². The Labute approximate surface area is 166 Å². The summed E-state index contributed by atoms with van der Waals surface area (Å²) in [7, 11) is -3.48. The third-order valence-corrected chi connectivity index (χ3v) is 7.35. The lowest BCUT2D eigenvalue weighted by Crippen LogP contribution is -2.30. The molecular formula is C20H28N2O5S. The lowest BCUT2D eigenvalue weighted by atomic mass is 10.0. The average molecular weight is 409 g/mol. The van der Waals surface area contributed by atoms with Crippen LogP contribution in [0.15, 0.2) is 29.2 Å². The minimum atomic E-state index is -3.48. The summed E-state index contributed by atoms with van der Waals surface area (Å²) < 4.78 is 31.8. The summed E-state index contributed by atoms with van der Waals surface area (Å²) in [6.45, 7) is 2.63. The molecule has 1 saturated heterocycles. The fourth-order valence-corrected chi connectivity index (χ4v) is 5.30. The van der Waals surface area contributed by atoms with Crippen molar-refractivity contribution in [2.45, 2.75) is 62.9 Å². The molecule has 1 aromatic rings. The molecular weight excluding hydrogens is 380 g/mol. The number of nitrogens with zero attached hydrogens (tertiary/aromatic N) is 1. The molecule has 2 aliphatic rings. The fourth-order valence-electron chi connectivity index (χ4n) is 3.78. The van der Waals surface area contributed by atoms with Crippen LogP contribution < -0.4 is 5.32 Å². The molecule has 1 heterocycles. The van der Waals surface area contributed by atoms with E-state index < -0.39 is 22.0 Å². The van der Waals surface area contributed by atoms with Crippen molar-refractivity contribution in [1.29, 1.82) is 0 Å². The van der Waals surface area contributed by atoms with Gasteiger partial charge in [0.1, 0.15) is 0 Å². The van der Waals surface area contributed by atoms with Crippen molar-refractivity contribution in [3.8, 4) is 0 Å². The molecule has 0 aromatic heterocycles. The first-order chi connectivity index (χ1) is 13.4. The monoisotopic (exact) mass is 408 g/mol. The molecule has 0 spiro atoms. The van der Waals surface area contributed by atoms with Crippen molar-refractivity contribution < 1.29 is 22.7 Å². The van der Waals surface area contributed by atoms with Crippen LogP contribution in [0, 0.1) is 5.92 Å². The summed E-state index contributed by atoms with van der Waals surface area (Å²) >= 11 is 0. The van der Waals surface area contributed by atoms with Crippen LogP contribution in [-0.2, 0) is 24.3 Å². The maximum absolute atomic E-state index is 12.5.